The molecule has 0 aromatic heterocycles. The summed E-state index contributed by atoms with van der Waals surface area (Å²) in [7, 11) is -0.401. The van der Waals surface area contributed by atoms with Crippen molar-refractivity contribution in [2.24, 2.45) is 0 Å². The van der Waals surface area contributed by atoms with Crippen LogP contribution < -0.4 is 9.96 Å². The highest BCUT2D eigenvalue weighted by Gasteiger charge is 2.50. The van der Waals surface area contributed by atoms with Crippen molar-refractivity contribution in [3.8, 4) is 5.75 Å². The van der Waals surface area contributed by atoms with Crippen LogP contribution in [-0.4, -0.2) is 62.4 Å². The zero-order valence-corrected chi connectivity index (χ0v) is 25.6. The van der Waals surface area contributed by atoms with Crippen LogP contribution in [0.2, 0.25) is 18.1 Å². The Morgan fingerprint density at radius 3 is 2.11 bits per heavy atom. The van der Waals surface area contributed by atoms with E-state index < -0.39 is 25.1 Å². The standard InChI is InChI=1S/C27H48N2O6Si/c1-24(2,3)32-23(30)28(11)18-22(33-36(12,13)25(4,5)6)19-31-21-16-14-15-20(17-21)29-34-26(7,8)27(9,10)35-29/h14-17,22H,18-19H2,1-13H3. The second kappa shape index (κ2) is 10.5. The molecule has 0 saturated carbocycles. The van der Waals surface area contributed by atoms with Gasteiger partial charge in [-0.25, -0.2) is 14.5 Å². The van der Waals surface area contributed by atoms with E-state index >= 15 is 0 Å². The molecule has 0 N–H and O–H groups in total. The quantitative estimate of drug-likeness (QED) is 0.357. The predicted octanol–water partition coefficient (Wildman–Crippen LogP) is 6.56. The van der Waals surface area contributed by atoms with Gasteiger partial charge in [-0.2, -0.15) is 0 Å². The number of anilines is 1. The molecule has 0 aliphatic carbocycles. The lowest BCUT2D eigenvalue weighted by atomic mass is 9.90. The number of likely N-dealkylation sites (N-methyl/N-ethyl adjacent to an activating group) is 1. The molecule has 36 heavy (non-hydrogen) atoms. The number of amides is 1. The van der Waals surface area contributed by atoms with E-state index in [2.05, 4.69) is 33.9 Å². The molecule has 206 valence electrons. The Morgan fingerprint density at radius 1 is 1.06 bits per heavy atom. The predicted molar refractivity (Wildman–Crippen MR) is 146 cm³/mol. The fraction of sp³-hybridized carbons (Fsp3) is 0.741. The Balaban J connectivity index is 2.16. The van der Waals surface area contributed by atoms with Crippen molar-refractivity contribution in [3.63, 3.8) is 0 Å². The van der Waals surface area contributed by atoms with Gasteiger partial charge in [0.2, 0.25) is 0 Å². The lowest BCUT2D eigenvalue weighted by molar-refractivity contribution is -0.0274. The van der Waals surface area contributed by atoms with Crippen molar-refractivity contribution in [3.05, 3.63) is 24.3 Å². The summed E-state index contributed by atoms with van der Waals surface area (Å²) in [5.74, 6) is 0.658. The highest BCUT2D eigenvalue weighted by atomic mass is 28.4. The van der Waals surface area contributed by atoms with Gasteiger partial charge in [0.15, 0.2) is 8.32 Å². The molecule has 2 rings (SSSR count). The van der Waals surface area contributed by atoms with Gasteiger partial charge in [-0.1, -0.05) is 26.8 Å². The Bertz CT molecular complexity index is 888. The Hall–Kier alpha value is -1.81. The zero-order chi connectivity index (χ0) is 27.7. The van der Waals surface area contributed by atoms with E-state index in [0.29, 0.717) is 12.3 Å². The number of ether oxygens (including phenoxy) is 2. The van der Waals surface area contributed by atoms with Gasteiger partial charge >= 0.3 is 6.09 Å². The molecule has 1 aromatic carbocycles. The third-order valence-corrected chi connectivity index (χ3v) is 11.5. The molecule has 1 amide bonds. The van der Waals surface area contributed by atoms with Crippen LogP contribution in [0, 0.1) is 0 Å². The molecule has 1 fully saturated rings. The van der Waals surface area contributed by atoms with Crippen LogP contribution in [0.5, 0.6) is 5.75 Å². The van der Waals surface area contributed by atoms with Crippen LogP contribution in [0.15, 0.2) is 24.3 Å². The largest absolute Gasteiger partial charge is 0.491 e. The van der Waals surface area contributed by atoms with Crippen LogP contribution in [0.25, 0.3) is 0 Å². The van der Waals surface area contributed by atoms with E-state index in [4.69, 9.17) is 23.6 Å². The summed E-state index contributed by atoms with van der Waals surface area (Å²) in [5, 5.41) is 1.46. The van der Waals surface area contributed by atoms with E-state index in [0.717, 1.165) is 5.69 Å². The number of rotatable bonds is 8. The molecule has 9 heteroatoms. The third-order valence-electron chi connectivity index (χ3n) is 6.99. The van der Waals surface area contributed by atoms with Crippen molar-refractivity contribution >= 4 is 20.1 Å². The van der Waals surface area contributed by atoms with Gasteiger partial charge < -0.3 is 18.8 Å². The smallest absolute Gasteiger partial charge is 0.410 e. The molecule has 1 aliphatic heterocycles. The summed E-state index contributed by atoms with van der Waals surface area (Å²) in [5.41, 5.74) is -0.809. The zero-order valence-electron chi connectivity index (χ0n) is 24.6. The highest BCUT2D eigenvalue weighted by Crippen LogP contribution is 2.41. The molecular formula is C27H48N2O6Si. The van der Waals surface area contributed by atoms with Gasteiger partial charge in [-0.15, -0.1) is 5.23 Å². The van der Waals surface area contributed by atoms with E-state index in [1.54, 1.807) is 11.9 Å². The number of hydrogen-bond acceptors (Lipinski definition) is 7. The Labute approximate surface area is 219 Å². The summed E-state index contributed by atoms with van der Waals surface area (Å²) in [6.07, 6.45) is -0.717. The van der Waals surface area contributed by atoms with Crippen molar-refractivity contribution in [2.45, 2.75) is 110 Å². The summed E-state index contributed by atoms with van der Waals surface area (Å²) in [6, 6.07) is 7.56. The highest BCUT2D eigenvalue weighted by molar-refractivity contribution is 6.74. The monoisotopic (exact) mass is 524 g/mol. The fourth-order valence-corrected chi connectivity index (χ4v) is 4.40. The molecule has 0 bridgehead atoms. The average Bonchev–Trinajstić information content (AvgIpc) is 2.91. The van der Waals surface area contributed by atoms with Crippen LogP contribution in [0.3, 0.4) is 0 Å². The maximum Gasteiger partial charge on any atom is 0.410 e. The van der Waals surface area contributed by atoms with Gasteiger partial charge in [0.05, 0.1) is 18.3 Å². The summed E-state index contributed by atoms with van der Waals surface area (Å²) in [6.45, 7) is 25.1. The third kappa shape index (κ3) is 7.84. The Morgan fingerprint density at radius 2 is 1.61 bits per heavy atom. The molecule has 1 heterocycles. The minimum atomic E-state index is -2.13. The van der Waals surface area contributed by atoms with Gasteiger partial charge in [0.1, 0.15) is 29.2 Å². The van der Waals surface area contributed by atoms with E-state index in [1.165, 1.54) is 5.23 Å². The first-order chi connectivity index (χ1) is 16.1. The molecule has 1 saturated heterocycles. The van der Waals surface area contributed by atoms with Gasteiger partial charge in [0.25, 0.3) is 0 Å². The van der Waals surface area contributed by atoms with E-state index in [1.807, 2.05) is 72.7 Å². The average molecular weight is 525 g/mol. The summed E-state index contributed by atoms with van der Waals surface area (Å²) < 4.78 is 18.4. The van der Waals surface area contributed by atoms with Crippen LogP contribution in [0.1, 0.15) is 69.2 Å². The molecule has 1 aliphatic rings. The first kappa shape index (κ1) is 30.4. The minimum Gasteiger partial charge on any atom is -0.491 e. The fourth-order valence-electron chi connectivity index (χ4n) is 3.07. The molecule has 8 nitrogen and oxygen atoms in total. The van der Waals surface area contributed by atoms with E-state index in [-0.39, 0.29) is 23.8 Å². The summed E-state index contributed by atoms with van der Waals surface area (Å²) >= 11 is 0. The van der Waals surface area contributed by atoms with Crippen molar-refractivity contribution in [1.82, 2.24) is 4.90 Å². The molecule has 1 aromatic rings. The number of hydrogen-bond donors (Lipinski definition) is 0. The van der Waals surface area contributed by atoms with Crippen LogP contribution in [0.4, 0.5) is 10.5 Å². The number of carbonyl (C=O) groups excluding carboxylic acids is 1. The van der Waals surface area contributed by atoms with Crippen LogP contribution >= 0.6 is 0 Å². The van der Waals surface area contributed by atoms with Gasteiger partial charge in [-0.05, 0) is 78.7 Å². The molecule has 0 radical (unpaired) electrons. The SMILES string of the molecule is CN(CC(COc1cccc(N2OC(C)(C)C(C)(C)O2)c1)O[Si](C)(C)C(C)(C)C)C(=O)OC(C)(C)C. The second-order valence-corrected chi connectivity index (χ2v) is 17.9. The first-order valence-corrected chi connectivity index (χ1v) is 15.6. The van der Waals surface area contributed by atoms with Gasteiger partial charge in [0, 0.05) is 13.1 Å². The second-order valence-electron chi connectivity index (χ2n) is 13.1. The number of nitrogens with zero attached hydrogens (tertiary/aromatic N) is 2. The number of carbonyl (C=O) groups is 1. The number of benzene rings is 1. The van der Waals surface area contributed by atoms with Gasteiger partial charge in [-0.3, -0.25) is 0 Å². The maximum atomic E-state index is 12.6. The lowest BCUT2D eigenvalue weighted by Crippen LogP contribution is -2.49. The molecule has 1 unspecified atom stereocenters. The van der Waals surface area contributed by atoms with Crippen LogP contribution in [-0.2, 0) is 18.8 Å². The van der Waals surface area contributed by atoms with Crippen molar-refractivity contribution in [1.29, 1.82) is 0 Å². The normalized spacial score (nSPS) is 18.6. The summed E-state index contributed by atoms with van der Waals surface area (Å²) in [4.78, 5) is 26.2. The topological polar surface area (TPSA) is 69.7 Å². The van der Waals surface area contributed by atoms with Crippen molar-refractivity contribution in [2.75, 3.05) is 25.4 Å². The minimum absolute atomic E-state index is 0.0136. The lowest BCUT2D eigenvalue weighted by Gasteiger charge is -2.40. The van der Waals surface area contributed by atoms with E-state index in [9.17, 15) is 4.79 Å². The maximum absolute atomic E-state index is 12.6. The van der Waals surface area contributed by atoms with Crippen molar-refractivity contribution < 1.29 is 28.4 Å². The molecule has 1 atom stereocenters. The first-order valence-electron chi connectivity index (χ1n) is 12.7. The Kier molecular flexibility index (Phi) is 8.88. The molecule has 0 spiro atoms. The molecular weight excluding hydrogens is 476 g/mol.